The molecule has 3 aromatic rings. The van der Waals surface area contributed by atoms with Crippen LogP contribution in [0.25, 0.3) is 11.3 Å². The van der Waals surface area contributed by atoms with Gasteiger partial charge in [0.05, 0.1) is 36.4 Å². The smallest absolute Gasteiger partial charge is 0.407 e. The second kappa shape index (κ2) is 14.9. The molecule has 0 fully saturated rings. The molecule has 0 spiro atoms. The molecule has 5 N–H and O–H groups in total. The van der Waals surface area contributed by atoms with E-state index in [2.05, 4.69) is 20.6 Å². The zero-order valence-corrected chi connectivity index (χ0v) is 28.7. The number of aromatic nitrogens is 2. The van der Waals surface area contributed by atoms with Gasteiger partial charge in [-0.2, -0.15) is 0 Å². The molecule has 13 heteroatoms. The summed E-state index contributed by atoms with van der Waals surface area (Å²) in [5.74, 6) is -0.283. The number of para-hydroxylation sites is 1. The minimum absolute atomic E-state index is 0.0579. The van der Waals surface area contributed by atoms with Crippen LogP contribution in [0.4, 0.5) is 16.3 Å². The Kier molecular flexibility index (Phi) is 11.4. The average Bonchev–Trinajstić information content (AvgIpc) is 2.98. The molecule has 254 valence electrons. The predicted molar refractivity (Wildman–Crippen MR) is 181 cm³/mol. The van der Waals surface area contributed by atoms with E-state index in [1.807, 2.05) is 13.8 Å². The maximum Gasteiger partial charge on any atom is 0.407 e. The molecule has 2 aliphatic rings. The Morgan fingerprint density at radius 1 is 1.15 bits per heavy atom. The number of aliphatic hydroxyl groups is 1. The van der Waals surface area contributed by atoms with E-state index in [4.69, 9.17) is 19.9 Å². The number of ether oxygens (including phenoxy) is 3. The van der Waals surface area contributed by atoms with Gasteiger partial charge in [-0.05, 0) is 95.9 Å². The van der Waals surface area contributed by atoms with Crippen LogP contribution in [-0.2, 0) is 27.2 Å². The highest BCUT2D eigenvalue weighted by molar-refractivity contribution is 7.92. The lowest BCUT2D eigenvalue weighted by Crippen LogP contribution is -2.43. The van der Waals surface area contributed by atoms with E-state index in [1.54, 1.807) is 70.2 Å². The van der Waals surface area contributed by atoms with Crippen molar-refractivity contribution < 1.29 is 33.5 Å². The van der Waals surface area contributed by atoms with Gasteiger partial charge in [-0.25, -0.2) is 14.8 Å². The molecule has 12 nitrogen and oxygen atoms in total. The molecule has 2 atom stereocenters. The van der Waals surface area contributed by atoms with Crippen LogP contribution in [0, 0.1) is 0 Å². The Morgan fingerprint density at radius 3 is 2.55 bits per heavy atom. The highest BCUT2D eigenvalue weighted by Crippen LogP contribution is 2.34. The first-order valence-electron chi connectivity index (χ1n) is 15.5. The van der Waals surface area contributed by atoms with Crippen molar-refractivity contribution in [2.45, 2.75) is 88.2 Å². The van der Waals surface area contributed by atoms with E-state index in [0.717, 1.165) is 0 Å². The van der Waals surface area contributed by atoms with Gasteiger partial charge in [-0.15, -0.1) is 0 Å². The lowest BCUT2D eigenvalue weighted by atomic mass is 9.94. The van der Waals surface area contributed by atoms with Crippen LogP contribution in [0.2, 0.25) is 0 Å². The standard InChI is InChI=1S/C34H45N5O7S/c1-32(2,3)46-31(41)37-18-23-10-9-11-25-28(23)45-17-8-7-16-44-21-34(6,42)20-33(4,5)47(43)24-14-12-22(13-15-24)26-19-36-29(35)27(38-26)30(40)39-25/h9-15,19,42H,7-8,16-18,20-21H2,1-6H3,(H2,35,36)(H,37,41)(H,39,40). The number of benzene rings is 2. The normalized spacial score (nSPS) is 20.9. The summed E-state index contributed by atoms with van der Waals surface area (Å²) in [6.45, 7) is 11.6. The van der Waals surface area contributed by atoms with Gasteiger partial charge in [-0.3, -0.25) is 4.79 Å². The number of nitrogens with zero attached hydrogens (tertiary/aromatic N) is 2. The van der Waals surface area contributed by atoms with E-state index in [-0.39, 0.29) is 37.7 Å². The number of nitrogens with two attached hydrogens (primary N) is 1. The van der Waals surface area contributed by atoms with Crippen molar-refractivity contribution in [3.05, 3.63) is 59.9 Å². The number of carbonyl (C=O) groups excluding carboxylic acids is 2. The summed E-state index contributed by atoms with van der Waals surface area (Å²) in [6.07, 6.45) is 2.37. The summed E-state index contributed by atoms with van der Waals surface area (Å²) >= 11 is -1.44. The molecule has 4 bridgehead atoms. The summed E-state index contributed by atoms with van der Waals surface area (Å²) in [7, 11) is 0. The highest BCUT2D eigenvalue weighted by atomic mass is 32.2. The number of rotatable bonds is 2. The Labute approximate surface area is 279 Å². The maximum absolute atomic E-state index is 13.5. The second-order valence-corrected chi connectivity index (χ2v) is 15.5. The third kappa shape index (κ3) is 10.0. The van der Waals surface area contributed by atoms with E-state index in [0.29, 0.717) is 52.6 Å². The van der Waals surface area contributed by atoms with Crippen LogP contribution in [0.5, 0.6) is 5.75 Å². The van der Waals surface area contributed by atoms with Gasteiger partial charge in [0.2, 0.25) is 0 Å². The fraction of sp³-hybridized carbons (Fsp3) is 0.471. The molecular formula is C34H45N5O7S. The first-order chi connectivity index (χ1) is 22.0. The number of hydrogen-bond acceptors (Lipinski definition) is 10. The van der Waals surface area contributed by atoms with Crippen molar-refractivity contribution in [1.29, 1.82) is 0 Å². The molecule has 0 radical (unpaired) electrons. The fourth-order valence-corrected chi connectivity index (χ4v) is 6.70. The van der Waals surface area contributed by atoms with Crippen LogP contribution in [0.3, 0.4) is 0 Å². The largest absolute Gasteiger partial charge is 0.611 e. The highest BCUT2D eigenvalue weighted by Gasteiger charge is 2.40. The monoisotopic (exact) mass is 667 g/mol. The number of carbonyl (C=O) groups is 2. The van der Waals surface area contributed by atoms with Crippen molar-refractivity contribution >= 4 is 34.7 Å². The zero-order valence-electron chi connectivity index (χ0n) is 27.8. The van der Waals surface area contributed by atoms with Crippen molar-refractivity contribution in [1.82, 2.24) is 15.3 Å². The van der Waals surface area contributed by atoms with E-state index < -0.39 is 39.1 Å². The van der Waals surface area contributed by atoms with Crippen LogP contribution in [-0.4, -0.2) is 67.4 Å². The van der Waals surface area contributed by atoms with Gasteiger partial charge in [0.15, 0.2) is 16.4 Å². The first kappa shape index (κ1) is 35.9. The third-order valence-electron chi connectivity index (χ3n) is 7.20. The van der Waals surface area contributed by atoms with Gasteiger partial charge in [0.25, 0.3) is 5.91 Å². The number of alkyl carbamates (subject to hydrolysis) is 1. The Morgan fingerprint density at radius 2 is 1.85 bits per heavy atom. The quantitative estimate of drug-likeness (QED) is 0.265. The lowest BCUT2D eigenvalue weighted by molar-refractivity contribution is -0.0444. The second-order valence-electron chi connectivity index (χ2n) is 13.4. The molecule has 2 amide bonds. The number of hydrogen-bond donors (Lipinski definition) is 4. The predicted octanol–water partition coefficient (Wildman–Crippen LogP) is 5.22. The van der Waals surface area contributed by atoms with Crippen molar-refractivity contribution in [2.24, 2.45) is 0 Å². The Balaban J connectivity index is 1.67. The average molecular weight is 668 g/mol. The minimum Gasteiger partial charge on any atom is -0.611 e. The van der Waals surface area contributed by atoms with Crippen molar-refractivity contribution in [2.75, 3.05) is 30.9 Å². The molecule has 0 saturated heterocycles. The molecule has 2 aliphatic heterocycles. The summed E-state index contributed by atoms with van der Waals surface area (Å²) < 4.78 is 30.2. The molecule has 47 heavy (non-hydrogen) atoms. The van der Waals surface area contributed by atoms with Gasteiger partial charge < -0.3 is 40.2 Å². The Bertz CT molecular complexity index is 1560. The molecule has 3 heterocycles. The topological polar surface area (TPSA) is 181 Å². The van der Waals surface area contributed by atoms with Crippen molar-refractivity contribution in [3.8, 4) is 17.0 Å². The van der Waals surface area contributed by atoms with Crippen molar-refractivity contribution in [3.63, 3.8) is 0 Å². The summed E-state index contributed by atoms with van der Waals surface area (Å²) in [4.78, 5) is 35.2. The minimum atomic E-state index is -1.44. The van der Waals surface area contributed by atoms with Gasteiger partial charge in [0, 0.05) is 30.7 Å². The van der Waals surface area contributed by atoms with E-state index in [1.165, 1.54) is 6.20 Å². The Hall–Kier alpha value is -3.91. The number of anilines is 2. The molecule has 0 saturated carbocycles. The number of fused-ring (bicyclic) bond motifs is 13. The lowest BCUT2D eigenvalue weighted by Gasteiger charge is -2.34. The SMILES string of the molecule is CC1(O)COCCCCOc2c(CNC(=O)OC(C)(C)C)cccc2NC(=O)c2nc(cnc2N)-c2ccc(cc2)[S+]([O-])C(C)(C)C1. The third-order valence-corrected chi connectivity index (χ3v) is 9.05. The van der Waals surface area contributed by atoms with E-state index in [9.17, 15) is 19.2 Å². The molecule has 2 unspecified atom stereocenters. The van der Waals surface area contributed by atoms with E-state index >= 15 is 0 Å². The summed E-state index contributed by atoms with van der Waals surface area (Å²) in [5.41, 5.74) is 6.17. The number of nitrogen functional groups attached to an aromatic ring is 1. The molecular weight excluding hydrogens is 622 g/mol. The molecule has 0 aliphatic carbocycles. The fourth-order valence-electron chi connectivity index (χ4n) is 5.24. The number of amides is 2. The van der Waals surface area contributed by atoms with Gasteiger partial charge in [0.1, 0.15) is 16.1 Å². The zero-order chi connectivity index (χ0) is 34.4. The molecule has 2 aromatic carbocycles. The van der Waals surface area contributed by atoms with Gasteiger partial charge in [-0.1, -0.05) is 12.1 Å². The van der Waals surface area contributed by atoms with Crippen LogP contribution >= 0.6 is 0 Å². The maximum atomic E-state index is 13.5. The van der Waals surface area contributed by atoms with Crippen LogP contribution in [0.15, 0.2) is 53.6 Å². The summed E-state index contributed by atoms with van der Waals surface area (Å²) in [6, 6.07) is 12.2. The first-order valence-corrected chi connectivity index (χ1v) is 16.7. The summed E-state index contributed by atoms with van der Waals surface area (Å²) in [5, 5.41) is 16.7. The van der Waals surface area contributed by atoms with Crippen LogP contribution < -0.4 is 21.1 Å². The molecule has 1 aromatic heterocycles. The van der Waals surface area contributed by atoms with Gasteiger partial charge >= 0.3 is 6.09 Å². The van der Waals surface area contributed by atoms with Crippen LogP contribution in [0.1, 0.15) is 76.9 Å². The molecule has 5 rings (SSSR count). The number of nitrogens with one attached hydrogen (secondary N) is 2.